The fraction of sp³-hybridized carbons (Fsp3) is 0.200. The van der Waals surface area contributed by atoms with E-state index in [1.54, 1.807) is 0 Å². The second-order valence-corrected chi connectivity index (χ2v) is 5.06. The first-order valence-electron chi connectivity index (χ1n) is 7.31. The molecule has 1 heteroatoms. The van der Waals surface area contributed by atoms with E-state index in [4.69, 9.17) is 4.74 Å². The minimum atomic E-state index is 0.0510. The predicted molar refractivity (Wildman–Crippen MR) is 89.8 cm³/mol. The molecule has 2 rings (SSSR count). The van der Waals surface area contributed by atoms with Gasteiger partial charge in [0.1, 0.15) is 6.10 Å². The SMILES string of the molecule is C/C=C(/C(C)=C/O[C@@H](C)c1ccccc1)c1ccccc1. The summed E-state index contributed by atoms with van der Waals surface area (Å²) in [4.78, 5) is 0. The first-order valence-corrected chi connectivity index (χ1v) is 7.31. The molecule has 0 fully saturated rings. The van der Waals surface area contributed by atoms with Gasteiger partial charge in [0.2, 0.25) is 0 Å². The fourth-order valence-corrected chi connectivity index (χ4v) is 2.31. The highest BCUT2D eigenvalue weighted by Crippen LogP contribution is 2.24. The van der Waals surface area contributed by atoms with E-state index in [2.05, 4.69) is 63.2 Å². The van der Waals surface area contributed by atoms with Gasteiger partial charge in [0.05, 0.1) is 6.26 Å². The van der Waals surface area contributed by atoms with Crippen LogP contribution in [0.25, 0.3) is 5.57 Å². The van der Waals surface area contributed by atoms with Crippen molar-refractivity contribution >= 4 is 5.57 Å². The highest BCUT2D eigenvalue weighted by atomic mass is 16.5. The molecule has 1 nitrogen and oxygen atoms in total. The second kappa shape index (κ2) is 7.49. The van der Waals surface area contributed by atoms with E-state index in [0.717, 1.165) is 5.57 Å². The minimum Gasteiger partial charge on any atom is -0.493 e. The van der Waals surface area contributed by atoms with Gasteiger partial charge in [0.25, 0.3) is 0 Å². The molecule has 0 N–H and O–H groups in total. The zero-order chi connectivity index (χ0) is 15.1. The van der Waals surface area contributed by atoms with Crippen molar-refractivity contribution < 1.29 is 4.74 Å². The number of hydrogen-bond acceptors (Lipinski definition) is 1. The van der Waals surface area contributed by atoms with E-state index < -0.39 is 0 Å². The van der Waals surface area contributed by atoms with Crippen molar-refractivity contribution in [2.75, 3.05) is 0 Å². The lowest BCUT2D eigenvalue weighted by Crippen LogP contribution is -1.96. The Labute approximate surface area is 127 Å². The summed E-state index contributed by atoms with van der Waals surface area (Å²) in [6.07, 6.45) is 4.03. The molecule has 0 radical (unpaired) electrons. The van der Waals surface area contributed by atoms with Crippen LogP contribution in [-0.2, 0) is 4.74 Å². The lowest BCUT2D eigenvalue weighted by Gasteiger charge is -2.14. The average Bonchev–Trinajstić information content (AvgIpc) is 2.55. The molecule has 21 heavy (non-hydrogen) atoms. The van der Waals surface area contributed by atoms with Crippen molar-refractivity contribution in [3.8, 4) is 0 Å². The van der Waals surface area contributed by atoms with E-state index in [-0.39, 0.29) is 6.10 Å². The largest absolute Gasteiger partial charge is 0.493 e. The topological polar surface area (TPSA) is 9.23 Å². The number of ether oxygens (including phenoxy) is 1. The Hall–Kier alpha value is -2.28. The Balaban J connectivity index is 2.10. The molecule has 0 unspecified atom stereocenters. The third kappa shape index (κ3) is 4.09. The van der Waals surface area contributed by atoms with Gasteiger partial charge in [-0.15, -0.1) is 0 Å². The zero-order valence-corrected chi connectivity index (χ0v) is 12.9. The van der Waals surface area contributed by atoms with Crippen LogP contribution in [0.15, 0.2) is 78.6 Å². The van der Waals surface area contributed by atoms with Crippen molar-refractivity contribution in [2.24, 2.45) is 0 Å². The molecule has 2 aromatic carbocycles. The van der Waals surface area contributed by atoms with Crippen LogP contribution >= 0.6 is 0 Å². The van der Waals surface area contributed by atoms with Gasteiger partial charge in [-0.05, 0) is 43.0 Å². The molecule has 0 aliphatic heterocycles. The van der Waals surface area contributed by atoms with Crippen molar-refractivity contribution in [3.63, 3.8) is 0 Å². The van der Waals surface area contributed by atoms with Crippen molar-refractivity contribution in [2.45, 2.75) is 26.9 Å². The van der Waals surface area contributed by atoms with Gasteiger partial charge in [0.15, 0.2) is 0 Å². The van der Waals surface area contributed by atoms with Crippen molar-refractivity contribution in [3.05, 3.63) is 89.7 Å². The molecular weight excluding hydrogens is 256 g/mol. The molecule has 1 atom stereocenters. The Kier molecular flexibility index (Phi) is 5.39. The van der Waals surface area contributed by atoms with Crippen LogP contribution in [0.3, 0.4) is 0 Å². The molecular formula is C20H22O. The molecule has 0 aliphatic rings. The summed E-state index contributed by atoms with van der Waals surface area (Å²) in [6, 6.07) is 20.6. The van der Waals surface area contributed by atoms with Crippen LogP contribution in [-0.4, -0.2) is 0 Å². The lowest BCUT2D eigenvalue weighted by molar-refractivity contribution is 0.163. The predicted octanol–water partition coefficient (Wildman–Crippen LogP) is 5.77. The first-order chi connectivity index (χ1) is 10.2. The zero-order valence-electron chi connectivity index (χ0n) is 12.9. The summed E-state index contributed by atoms with van der Waals surface area (Å²) in [6.45, 7) is 6.21. The fourth-order valence-electron chi connectivity index (χ4n) is 2.31. The summed E-state index contributed by atoms with van der Waals surface area (Å²) in [7, 11) is 0. The second-order valence-electron chi connectivity index (χ2n) is 5.06. The van der Waals surface area contributed by atoms with Crippen LogP contribution in [0.1, 0.15) is 38.0 Å². The maximum Gasteiger partial charge on any atom is 0.120 e. The molecule has 108 valence electrons. The molecule has 0 spiro atoms. The summed E-state index contributed by atoms with van der Waals surface area (Å²) in [5.74, 6) is 0. The van der Waals surface area contributed by atoms with E-state index in [1.165, 1.54) is 16.7 Å². The smallest absolute Gasteiger partial charge is 0.120 e. The average molecular weight is 278 g/mol. The molecule has 0 saturated heterocycles. The third-order valence-corrected chi connectivity index (χ3v) is 3.52. The molecule has 0 saturated carbocycles. The van der Waals surface area contributed by atoms with Gasteiger partial charge < -0.3 is 4.74 Å². The van der Waals surface area contributed by atoms with Gasteiger partial charge in [-0.3, -0.25) is 0 Å². The van der Waals surface area contributed by atoms with Gasteiger partial charge in [-0.2, -0.15) is 0 Å². The molecule has 0 amide bonds. The Morgan fingerprint density at radius 3 is 2.10 bits per heavy atom. The highest BCUT2D eigenvalue weighted by Gasteiger charge is 2.06. The molecule has 0 aliphatic carbocycles. The van der Waals surface area contributed by atoms with Gasteiger partial charge in [0, 0.05) is 0 Å². The summed E-state index contributed by atoms with van der Waals surface area (Å²) >= 11 is 0. The Morgan fingerprint density at radius 1 is 0.952 bits per heavy atom. The number of hydrogen-bond donors (Lipinski definition) is 0. The molecule has 0 heterocycles. The van der Waals surface area contributed by atoms with Crippen molar-refractivity contribution in [1.29, 1.82) is 0 Å². The molecule has 0 bridgehead atoms. The quantitative estimate of drug-likeness (QED) is 0.498. The lowest BCUT2D eigenvalue weighted by atomic mass is 10.00. The first kappa shape index (κ1) is 15.1. The third-order valence-electron chi connectivity index (χ3n) is 3.52. The van der Waals surface area contributed by atoms with Crippen LogP contribution in [0, 0.1) is 0 Å². The normalized spacial score (nSPS) is 13.9. The maximum absolute atomic E-state index is 5.89. The van der Waals surface area contributed by atoms with Gasteiger partial charge in [-0.1, -0.05) is 66.7 Å². The Bertz CT molecular complexity index is 609. The number of benzene rings is 2. The van der Waals surface area contributed by atoms with E-state index in [0.29, 0.717) is 0 Å². The van der Waals surface area contributed by atoms with Crippen molar-refractivity contribution in [1.82, 2.24) is 0 Å². The van der Waals surface area contributed by atoms with Crippen LogP contribution < -0.4 is 0 Å². The summed E-state index contributed by atoms with van der Waals surface area (Å²) < 4.78 is 5.89. The Morgan fingerprint density at radius 2 is 1.52 bits per heavy atom. The van der Waals surface area contributed by atoms with Crippen LogP contribution in [0.4, 0.5) is 0 Å². The molecule has 0 aromatic heterocycles. The number of allylic oxidation sites excluding steroid dienone is 3. The van der Waals surface area contributed by atoms with E-state index in [1.807, 2.05) is 30.5 Å². The summed E-state index contributed by atoms with van der Waals surface area (Å²) in [5, 5.41) is 0. The highest BCUT2D eigenvalue weighted by molar-refractivity contribution is 5.77. The minimum absolute atomic E-state index is 0.0510. The van der Waals surface area contributed by atoms with Crippen LogP contribution in [0.5, 0.6) is 0 Å². The van der Waals surface area contributed by atoms with Gasteiger partial charge >= 0.3 is 0 Å². The maximum atomic E-state index is 5.89. The summed E-state index contributed by atoms with van der Waals surface area (Å²) in [5.41, 5.74) is 4.73. The van der Waals surface area contributed by atoms with E-state index in [9.17, 15) is 0 Å². The standard InChI is InChI=1S/C20H22O/c1-4-20(19-13-9-6-10-14-19)16(2)15-21-17(3)18-11-7-5-8-12-18/h4-15,17H,1-3H3/b16-15+,20-4-/t17-/m0/s1. The van der Waals surface area contributed by atoms with Crippen LogP contribution in [0.2, 0.25) is 0 Å². The van der Waals surface area contributed by atoms with E-state index >= 15 is 0 Å². The molecule has 2 aromatic rings. The van der Waals surface area contributed by atoms with Gasteiger partial charge in [-0.25, -0.2) is 0 Å². The monoisotopic (exact) mass is 278 g/mol. The number of rotatable bonds is 5.